The van der Waals surface area contributed by atoms with Gasteiger partial charge in [0.05, 0.1) is 19.3 Å². The van der Waals surface area contributed by atoms with Gasteiger partial charge in [0.2, 0.25) is 0 Å². The van der Waals surface area contributed by atoms with Crippen molar-refractivity contribution in [2.45, 2.75) is 26.8 Å². The summed E-state index contributed by atoms with van der Waals surface area (Å²) in [7, 11) is 1.68. The minimum atomic E-state index is -0.0132. The molecule has 0 bridgehead atoms. The van der Waals surface area contributed by atoms with E-state index in [1.165, 1.54) is 0 Å². The van der Waals surface area contributed by atoms with E-state index in [-0.39, 0.29) is 12.5 Å². The molecule has 3 rings (SSSR count). The number of hydrogen-bond acceptors (Lipinski definition) is 4. The van der Waals surface area contributed by atoms with Gasteiger partial charge in [-0.3, -0.25) is 4.79 Å². The molecule has 1 aliphatic rings. The van der Waals surface area contributed by atoms with Crippen LogP contribution in [-0.2, 0) is 11.3 Å². The molecule has 2 N–H and O–H groups in total. The van der Waals surface area contributed by atoms with E-state index in [1.54, 1.807) is 12.0 Å². The fourth-order valence-corrected chi connectivity index (χ4v) is 3.33. The van der Waals surface area contributed by atoms with E-state index >= 15 is 0 Å². The molecule has 1 aliphatic heterocycles. The highest BCUT2D eigenvalue weighted by molar-refractivity contribution is 5.97. The van der Waals surface area contributed by atoms with Gasteiger partial charge in [0, 0.05) is 25.2 Å². The summed E-state index contributed by atoms with van der Waals surface area (Å²) in [4.78, 5) is 18.7. The summed E-state index contributed by atoms with van der Waals surface area (Å²) >= 11 is 0. The summed E-state index contributed by atoms with van der Waals surface area (Å²) < 4.78 is 11.0. The standard InChI is InChI=1S/C23H30N4O3/c1-4-24-23(26-15-18-11-10-17(2)14-21(18)29-3)25-12-7-13-27-19-8-5-6-9-20(19)30-16-22(27)28/h5-6,8-11,14H,4,7,12-13,15-16H2,1-3H3,(H2,24,25,26). The number of carbonyl (C=O) groups excluding carboxylic acids is 1. The van der Waals surface area contributed by atoms with Crippen LogP contribution >= 0.6 is 0 Å². The highest BCUT2D eigenvalue weighted by Gasteiger charge is 2.24. The molecular weight excluding hydrogens is 380 g/mol. The van der Waals surface area contributed by atoms with Crippen molar-refractivity contribution in [3.63, 3.8) is 0 Å². The van der Waals surface area contributed by atoms with Gasteiger partial charge >= 0.3 is 0 Å². The van der Waals surface area contributed by atoms with Gasteiger partial charge < -0.3 is 25.0 Å². The number of guanidine groups is 1. The minimum Gasteiger partial charge on any atom is -0.496 e. The number of carbonyl (C=O) groups is 1. The normalized spacial score (nSPS) is 13.5. The third-order valence-corrected chi connectivity index (χ3v) is 4.85. The van der Waals surface area contributed by atoms with Gasteiger partial charge in [0.15, 0.2) is 12.6 Å². The van der Waals surface area contributed by atoms with Gasteiger partial charge in [-0.25, -0.2) is 4.99 Å². The van der Waals surface area contributed by atoms with Crippen LogP contribution in [0.5, 0.6) is 11.5 Å². The maximum Gasteiger partial charge on any atom is 0.265 e. The minimum absolute atomic E-state index is 0.0132. The Morgan fingerprint density at radius 3 is 2.87 bits per heavy atom. The Kier molecular flexibility index (Phi) is 7.54. The van der Waals surface area contributed by atoms with Gasteiger partial charge in [-0.05, 0) is 44.0 Å². The zero-order valence-corrected chi connectivity index (χ0v) is 17.9. The lowest BCUT2D eigenvalue weighted by Crippen LogP contribution is -2.42. The lowest BCUT2D eigenvalue weighted by molar-refractivity contribution is -0.121. The number of para-hydroxylation sites is 2. The highest BCUT2D eigenvalue weighted by atomic mass is 16.5. The number of aliphatic imine (C=N–C) groups is 1. The fraction of sp³-hybridized carbons (Fsp3) is 0.391. The van der Waals surface area contributed by atoms with Crippen LogP contribution in [0.3, 0.4) is 0 Å². The molecule has 30 heavy (non-hydrogen) atoms. The largest absolute Gasteiger partial charge is 0.496 e. The van der Waals surface area contributed by atoms with Gasteiger partial charge in [-0.2, -0.15) is 0 Å². The first-order valence-corrected chi connectivity index (χ1v) is 10.3. The average molecular weight is 411 g/mol. The van der Waals surface area contributed by atoms with Crippen molar-refractivity contribution in [3.05, 3.63) is 53.6 Å². The highest BCUT2D eigenvalue weighted by Crippen LogP contribution is 2.31. The van der Waals surface area contributed by atoms with Crippen molar-refractivity contribution in [1.82, 2.24) is 10.6 Å². The lowest BCUT2D eigenvalue weighted by atomic mass is 10.1. The zero-order chi connectivity index (χ0) is 21.3. The molecule has 2 aromatic carbocycles. The molecule has 0 saturated heterocycles. The van der Waals surface area contributed by atoms with Gasteiger partial charge in [-0.15, -0.1) is 0 Å². The Bertz CT molecular complexity index is 898. The number of fused-ring (bicyclic) bond motifs is 1. The van der Waals surface area contributed by atoms with Crippen molar-refractivity contribution < 1.29 is 14.3 Å². The molecule has 0 unspecified atom stereocenters. The maximum atomic E-state index is 12.3. The van der Waals surface area contributed by atoms with Crippen LogP contribution in [0.4, 0.5) is 5.69 Å². The smallest absolute Gasteiger partial charge is 0.265 e. The predicted octanol–water partition coefficient (Wildman–Crippen LogP) is 2.87. The Balaban J connectivity index is 1.55. The molecule has 1 amide bonds. The van der Waals surface area contributed by atoms with E-state index in [4.69, 9.17) is 9.47 Å². The summed E-state index contributed by atoms with van der Waals surface area (Å²) in [5.41, 5.74) is 3.03. The Morgan fingerprint density at radius 1 is 1.23 bits per heavy atom. The second kappa shape index (κ2) is 10.5. The molecule has 7 heteroatoms. The molecule has 0 aliphatic carbocycles. The third kappa shape index (κ3) is 5.43. The molecule has 0 spiro atoms. The van der Waals surface area contributed by atoms with Crippen LogP contribution in [0.2, 0.25) is 0 Å². The third-order valence-electron chi connectivity index (χ3n) is 4.85. The number of benzene rings is 2. The van der Waals surface area contributed by atoms with Crippen LogP contribution in [0.25, 0.3) is 0 Å². The molecular formula is C23H30N4O3. The zero-order valence-electron chi connectivity index (χ0n) is 17.9. The molecule has 2 aromatic rings. The van der Waals surface area contributed by atoms with E-state index < -0.39 is 0 Å². The summed E-state index contributed by atoms with van der Waals surface area (Å²) in [6.45, 7) is 6.78. The Morgan fingerprint density at radius 2 is 2.07 bits per heavy atom. The Labute approximate surface area is 178 Å². The summed E-state index contributed by atoms with van der Waals surface area (Å²) in [6, 6.07) is 13.8. The first-order chi connectivity index (χ1) is 14.6. The number of methoxy groups -OCH3 is 1. The summed E-state index contributed by atoms with van der Waals surface area (Å²) in [5.74, 6) is 2.33. The maximum absolute atomic E-state index is 12.3. The number of amides is 1. The monoisotopic (exact) mass is 410 g/mol. The first kappa shape index (κ1) is 21.5. The molecule has 0 aromatic heterocycles. The molecule has 160 valence electrons. The molecule has 0 radical (unpaired) electrons. The number of aryl methyl sites for hydroxylation is 1. The summed E-state index contributed by atoms with van der Waals surface area (Å²) in [5, 5.41) is 6.61. The molecule has 0 fully saturated rings. The lowest BCUT2D eigenvalue weighted by Gasteiger charge is -2.29. The van der Waals surface area contributed by atoms with E-state index in [2.05, 4.69) is 21.7 Å². The Hall–Kier alpha value is -3.22. The van der Waals surface area contributed by atoms with Crippen LogP contribution in [-0.4, -0.2) is 45.2 Å². The SMILES string of the molecule is CCNC(=NCc1ccc(C)cc1OC)NCCCN1C(=O)COc2ccccc21. The number of rotatable bonds is 8. The average Bonchev–Trinajstić information content (AvgIpc) is 2.76. The first-order valence-electron chi connectivity index (χ1n) is 10.3. The van der Waals surface area contributed by atoms with E-state index in [9.17, 15) is 4.79 Å². The molecule has 0 saturated carbocycles. The van der Waals surface area contributed by atoms with Crippen LogP contribution in [0.1, 0.15) is 24.5 Å². The van der Waals surface area contributed by atoms with Gasteiger partial charge in [-0.1, -0.05) is 24.3 Å². The van der Waals surface area contributed by atoms with E-state index in [1.807, 2.05) is 50.2 Å². The molecule has 0 atom stereocenters. The van der Waals surface area contributed by atoms with Crippen molar-refractivity contribution in [1.29, 1.82) is 0 Å². The topological polar surface area (TPSA) is 75.2 Å². The number of ether oxygens (including phenoxy) is 2. The van der Waals surface area contributed by atoms with E-state index in [0.29, 0.717) is 19.6 Å². The number of nitrogens with zero attached hydrogens (tertiary/aromatic N) is 2. The number of hydrogen-bond donors (Lipinski definition) is 2. The predicted molar refractivity (Wildman–Crippen MR) is 119 cm³/mol. The van der Waals surface area contributed by atoms with Crippen LogP contribution in [0, 0.1) is 6.92 Å². The van der Waals surface area contributed by atoms with Crippen LogP contribution in [0.15, 0.2) is 47.5 Å². The van der Waals surface area contributed by atoms with E-state index in [0.717, 1.165) is 47.2 Å². The van der Waals surface area contributed by atoms with Crippen molar-refractivity contribution in [2.24, 2.45) is 4.99 Å². The second-order valence-corrected chi connectivity index (χ2v) is 7.09. The summed E-state index contributed by atoms with van der Waals surface area (Å²) in [6.07, 6.45) is 0.790. The van der Waals surface area contributed by atoms with Crippen molar-refractivity contribution >= 4 is 17.6 Å². The quantitative estimate of drug-likeness (QED) is 0.398. The van der Waals surface area contributed by atoms with Crippen molar-refractivity contribution in [2.75, 3.05) is 38.3 Å². The van der Waals surface area contributed by atoms with Crippen LogP contribution < -0.4 is 25.0 Å². The molecule has 1 heterocycles. The number of nitrogens with one attached hydrogen (secondary N) is 2. The fourth-order valence-electron chi connectivity index (χ4n) is 3.33. The van der Waals surface area contributed by atoms with Crippen molar-refractivity contribution in [3.8, 4) is 11.5 Å². The molecule has 7 nitrogen and oxygen atoms in total. The van der Waals surface area contributed by atoms with Gasteiger partial charge in [0.25, 0.3) is 5.91 Å². The second-order valence-electron chi connectivity index (χ2n) is 7.09. The number of anilines is 1. The van der Waals surface area contributed by atoms with Gasteiger partial charge in [0.1, 0.15) is 11.5 Å².